The van der Waals surface area contributed by atoms with Gasteiger partial charge in [0.2, 0.25) is 4.96 Å². The SMILES string of the molecule is Cc1ccccc1-c1nc2scc(CCNC(=O)COC(=O)C(C)(C)C)n2n1. The number of amides is 1. The van der Waals surface area contributed by atoms with Crippen molar-refractivity contribution in [3.05, 3.63) is 40.9 Å². The van der Waals surface area contributed by atoms with E-state index >= 15 is 0 Å². The summed E-state index contributed by atoms with van der Waals surface area (Å²) in [5, 5.41) is 9.38. The predicted molar refractivity (Wildman–Crippen MR) is 108 cm³/mol. The lowest BCUT2D eigenvalue weighted by molar-refractivity contribution is -0.156. The third kappa shape index (κ3) is 4.56. The van der Waals surface area contributed by atoms with Crippen LogP contribution in [0.2, 0.25) is 0 Å². The second-order valence-corrected chi connectivity index (χ2v) is 8.43. The average Bonchev–Trinajstić information content (AvgIpc) is 3.21. The lowest BCUT2D eigenvalue weighted by atomic mass is 9.97. The van der Waals surface area contributed by atoms with Crippen LogP contribution in [0.1, 0.15) is 32.0 Å². The fraction of sp³-hybridized carbons (Fsp3) is 0.400. The Hall–Kier alpha value is -2.74. The Bertz CT molecular complexity index is 1000. The minimum absolute atomic E-state index is 0.268. The van der Waals surface area contributed by atoms with Crippen molar-refractivity contribution in [2.75, 3.05) is 13.2 Å². The number of carbonyl (C=O) groups excluding carboxylic acids is 2. The maximum atomic E-state index is 11.9. The number of fused-ring (bicyclic) bond motifs is 1. The molecule has 0 spiro atoms. The molecule has 3 rings (SSSR count). The summed E-state index contributed by atoms with van der Waals surface area (Å²) < 4.78 is 6.83. The zero-order chi connectivity index (χ0) is 20.3. The number of carbonyl (C=O) groups is 2. The van der Waals surface area contributed by atoms with Gasteiger partial charge in [0.1, 0.15) is 0 Å². The minimum Gasteiger partial charge on any atom is -0.455 e. The standard InChI is InChI=1S/C20H24N4O3S/c1-13-7-5-6-8-15(13)17-22-19-24(23-17)14(12-28-19)9-10-21-16(25)11-27-18(26)20(2,3)4/h5-8,12H,9-11H2,1-4H3,(H,21,25). The molecular weight excluding hydrogens is 376 g/mol. The molecule has 3 aromatic rings. The van der Waals surface area contributed by atoms with E-state index in [1.165, 1.54) is 11.3 Å². The van der Waals surface area contributed by atoms with Gasteiger partial charge in [-0.25, -0.2) is 4.52 Å². The highest BCUT2D eigenvalue weighted by molar-refractivity contribution is 7.15. The normalized spacial score (nSPS) is 11.6. The van der Waals surface area contributed by atoms with Crippen LogP contribution < -0.4 is 5.32 Å². The third-order valence-corrected chi connectivity index (χ3v) is 5.05. The number of ether oxygens (including phenoxy) is 1. The van der Waals surface area contributed by atoms with E-state index in [1.54, 1.807) is 20.8 Å². The van der Waals surface area contributed by atoms with Crippen molar-refractivity contribution in [3.8, 4) is 11.4 Å². The Morgan fingerprint density at radius 2 is 2.00 bits per heavy atom. The first-order valence-corrected chi connectivity index (χ1v) is 9.97. The first kappa shape index (κ1) is 20.0. The van der Waals surface area contributed by atoms with E-state index < -0.39 is 11.4 Å². The van der Waals surface area contributed by atoms with Crippen molar-refractivity contribution in [2.45, 2.75) is 34.1 Å². The second-order valence-electron chi connectivity index (χ2n) is 7.60. The van der Waals surface area contributed by atoms with Crippen molar-refractivity contribution in [2.24, 2.45) is 5.41 Å². The van der Waals surface area contributed by atoms with Crippen molar-refractivity contribution in [1.82, 2.24) is 19.9 Å². The summed E-state index contributed by atoms with van der Waals surface area (Å²) in [4.78, 5) is 29.0. The van der Waals surface area contributed by atoms with E-state index in [9.17, 15) is 9.59 Å². The molecule has 0 saturated heterocycles. The van der Waals surface area contributed by atoms with Gasteiger partial charge in [-0.05, 0) is 33.3 Å². The number of aryl methyl sites for hydroxylation is 1. The van der Waals surface area contributed by atoms with Crippen LogP contribution in [-0.2, 0) is 20.7 Å². The van der Waals surface area contributed by atoms with Gasteiger partial charge in [0, 0.05) is 23.9 Å². The summed E-state index contributed by atoms with van der Waals surface area (Å²) in [5.41, 5.74) is 2.49. The second kappa shape index (κ2) is 8.10. The Labute approximate surface area is 167 Å². The molecule has 2 heterocycles. The van der Waals surface area contributed by atoms with Crippen molar-refractivity contribution < 1.29 is 14.3 Å². The van der Waals surface area contributed by atoms with Crippen LogP contribution in [0.3, 0.4) is 0 Å². The molecule has 7 nitrogen and oxygen atoms in total. The molecule has 1 amide bonds. The van der Waals surface area contributed by atoms with Crippen molar-refractivity contribution in [3.63, 3.8) is 0 Å². The summed E-state index contributed by atoms with van der Waals surface area (Å²) in [6.07, 6.45) is 0.607. The van der Waals surface area contributed by atoms with E-state index in [1.807, 2.05) is 41.1 Å². The number of thiazole rings is 1. The van der Waals surface area contributed by atoms with Crippen LogP contribution in [0.15, 0.2) is 29.6 Å². The summed E-state index contributed by atoms with van der Waals surface area (Å²) in [6.45, 7) is 7.44. The van der Waals surface area contributed by atoms with Gasteiger partial charge in [0.25, 0.3) is 5.91 Å². The van der Waals surface area contributed by atoms with Gasteiger partial charge in [-0.1, -0.05) is 24.3 Å². The highest BCUT2D eigenvalue weighted by Crippen LogP contribution is 2.23. The molecule has 0 unspecified atom stereocenters. The number of hydrogen-bond acceptors (Lipinski definition) is 6. The van der Waals surface area contributed by atoms with Crippen molar-refractivity contribution in [1.29, 1.82) is 0 Å². The Kier molecular flexibility index (Phi) is 5.79. The lowest BCUT2D eigenvalue weighted by Crippen LogP contribution is -2.33. The lowest BCUT2D eigenvalue weighted by Gasteiger charge is -2.16. The van der Waals surface area contributed by atoms with E-state index in [4.69, 9.17) is 4.74 Å². The average molecular weight is 401 g/mol. The topological polar surface area (TPSA) is 85.6 Å². The molecule has 28 heavy (non-hydrogen) atoms. The molecule has 8 heteroatoms. The van der Waals surface area contributed by atoms with Crippen molar-refractivity contribution >= 4 is 28.2 Å². The first-order valence-electron chi connectivity index (χ1n) is 9.09. The molecule has 0 bridgehead atoms. The van der Waals surface area contributed by atoms with E-state index in [-0.39, 0.29) is 12.5 Å². The Morgan fingerprint density at radius 3 is 2.71 bits per heavy atom. The smallest absolute Gasteiger partial charge is 0.311 e. The molecule has 0 atom stereocenters. The zero-order valence-corrected chi connectivity index (χ0v) is 17.3. The van der Waals surface area contributed by atoms with Gasteiger partial charge >= 0.3 is 5.97 Å². The Morgan fingerprint density at radius 1 is 1.25 bits per heavy atom. The monoisotopic (exact) mass is 400 g/mol. The van der Waals surface area contributed by atoms with Gasteiger partial charge < -0.3 is 10.1 Å². The molecule has 1 N–H and O–H groups in total. The van der Waals surface area contributed by atoms with Crippen LogP contribution in [0.25, 0.3) is 16.3 Å². The summed E-state index contributed by atoms with van der Waals surface area (Å²) in [7, 11) is 0. The number of esters is 1. The van der Waals surface area contributed by atoms with Crippen LogP contribution in [0.4, 0.5) is 0 Å². The fourth-order valence-corrected chi connectivity index (χ4v) is 3.42. The van der Waals surface area contributed by atoms with E-state index in [0.717, 1.165) is 21.8 Å². The van der Waals surface area contributed by atoms with Crippen LogP contribution in [0, 0.1) is 12.3 Å². The molecule has 148 valence electrons. The molecule has 0 radical (unpaired) electrons. The zero-order valence-electron chi connectivity index (χ0n) is 16.5. The molecule has 0 aliphatic heterocycles. The quantitative estimate of drug-likeness (QED) is 0.643. The summed E-state index contributed by atoms with van der Waals surface area (Å²) >= 11 is 1.52. The largest absolute Gasteiger partial charge is 0.455 e. The van der Waals surface area contributed by atoms with E-state index in [2.05, 4.69) is 15.4 Å². The number of nitrogens with one attached hydrogen (secondary N) is 1. The van der Waals surface area contributed by atoms with Gasteiger partial charge in [0.15, 0.2) is 12.4 Å². The van der Waals surface area contributed by atoms with Crippen LogP contribution >= 0.6 is 11.3 Å². The summed E-state index contributed by atoms with van der Waals surface area (Å²) in [5.74, 6) is -0.0128. The molecule has 1 aromatic carbocycles. The molecule has 0 aliphatic carbocycles. The number of benzene rings is 1. The minimum atomic E-state index is -0.621. The number of rotatable bonds is 6. The third-order valence-electron chi connectivity index (χ3n) is 4.19. The number of aromatic nitrogens is 3. The predicted octanol–water partition coefficient (Wildman–Crippen LogP) is 3.01. The molecule has 0 aliphatic rings. The van der Waals surface area contributed by atoms with Gasteiger partial charge in [-0.15, -0.1) is 16.4 Å². The number of hydrogen-bond donors (Lipinski definition) is 1. The molecule has 0 saturated carbocycles. The number of nitrogens with zero attached hydrogens (tertiary/aromatic N) is 3. The maximum Gasteiger partial charge on any atom is 0.311 e. The maximum absolute atomic E-state index is 11.9. The van der Waals surface area contributed by atoms with Gasteiger partial charge in [-0.3, -0.25) is 9.59 Å². The summed E-state index contributed by atoms with van der Waals surface area (Å²) in [6, 6.07) is 8.01. The van der Waals surface area contributed by atoms with Crippen LogP contribution in [-0.4, -0.2) is 39.6 Å². The molecule has 0 fully saturated rings. The first-order chi connectivity index (χ1) is 13.3. The highest BCUT2D eigenvalue weighted by Gasteiger charge is 2.23. The molecular formula is C20H24N4O3S. The molecule has 2 aromatic heterocycles. The van der Waals surface area contributed by atoms with E-state index in [0.29, 0.717) is 18.8 Å². The van der Waals surface area contributed by atoms with Gasteiger partial charge in [0.05, 0.1) is 11.1 Å². The Balaban J connectivity index is 1.57. The highest BCUT2D eigenvalue weighted by atomic mass is 32.1. The van der Waals surface area contributed by atoms with Crippen LogP contribution in [0.5, 0.6) is 0 Å². The van der Waals surface area contributed by atoms with Gasteiger partial charge in [-0.2, -0.15) is 4.98 Å². The fourth-order valence-electron chi connectivity index (χ4n) is 2.56.